The van der Waals surface area contributed by atoms with Gasteiger partial charge in [-0.15, -0.1) is 0 Å². The van der Waals surface area contributed by atoms with Gasteiger partial charge in [-0.3, -0.25) is 0 Å². The molecule has 0 aromatic heterocycles. The summed E-state index contributed by atoms with van der Waals surface area (Å²) in [6, 6.07) is 20.0. The second-order valence-electron chi connectivity index (χ2n) is 8.61. The van der Waals surface area contributed by atoms with E-state index in [9.17, 15) is 4.79 Å². The molecule has 2 saturated carbocycles. The molecule has 0 saturated heterocycles. The Hall–Kier alpha value is -1.46. The maximum absolute atomic E-state index is 12.1. The van der Waals surface area contributed by atoms with E-state index in [1.807, 2.05) is 6.07 Å². The van der Waals surface area contributed by atoms with Crippen LogP contribution in [0, 0.1) is 0 Å². The third-order valence-corrected chi connectivity index (χ3v) is 13.6. The van der Waals surface area contributed by atoms with Crippen molar-refractivity contribution in [2.24, 2.45) is 0 Å². The van der Waals surface area contributed by atoms with Crippen LogP contribution in [0.15, 0.2) is 54.6 Å². The van der Waals surface area contributed by atoms with Gasteiger partial charge in [-0.1, -0.05) is 0 Å². The van der Waals surface area contributed by atoms with Crippen molar-refractivity contribution in [1.29, 1.82) is 0 Å². The van der Waals surface area contributed by atoms with Crippen molar-refractivity contribution in [1.82, 2.24) is 0 Å². The van der Waals surface area contributed by atoms with E-state index in [1.54, 1.807) is 5.30 Å². The number of carbonyl (C=O) groups excluding carboxylic acids is 1. The summed E-state index contributed by atoms with van der Waals surface area (Å²) in [4.78, 5) is 12.1. The summed E-state index contributed by atoms with van der Waals surface area (Å²) in [6.45, 7) is 0. The molecule has 4 rings (SSSR count). The summed E-state index contributed by atoms with van der Waals surface area (Å²) in [6.07, 6.45) is 14.8. The topological polar surface area (TPSA) is 17.1 Å². The number of hydrogen-bond donors (Lipinski definition) is 0. The van der Waals surface area contributed by atoms with Crippen LogP contribution in [0.25, 0.3) is 0 Å². The Morgan fingerprint density at radius 3 is 1.74 bits per heavy atom. The molecule has 2 aromatic carbocycles. The fraction of sp³-hybridized carbons (Fsp3) is 0.480. The fourth-order valence-electron chi connectivity index (χ4n) is 6.21. The molecule has 0 heterocycles. The van der Waals surface area contributed by atoms with Crippen molar-refractivity contribution >= 4 is 24.2 Å². The van der Waals surface area contributed by atoms with Crippen LogP contribution in [-0.2, 0) is 0 Å². The molecular formula is C25H33OP. The quantitative estimate of drug-likeness (QED) is 0.469. The number of hydrogen-bond acceptors (Lipinski definition) is 1. The van der Waals surface area contributed by atoms with E-state index in [-0.39, 0.29) is 0 Å². The van der Waals surface area contributed by atoms with Crippen LogP contribution in [0.4, 0.5) is 0 Å². The molecule has 0 atom stereocenters. The number of carbonyl (C=O) groups is 1. The van der Waals surface area contributed by atoms with Crippen molar-refractivity contribution in [3.8, 4) is 0 Å². The van der Waals surface area contributed by atoms with E-state index in [0.29, 0.717) is 0 Å². The minimum atomic E-state index is -2.04. The molecule has 0 bridgehead atoms. The van der Waals surface area contributed by atoms with Gasteiger partial charge in [0.1, 0.15) is 0 Å². The average Bonchev–Trinajstić information content (AvgIpc) is 2.77. The van der Waals surface area contributed by atoms with Crippen molar-refractivity contribution in [2.45, 2.75) is 75.5 Å². The molecule has 0 unspecified atom stereocenters. The zero-order valence-corrected chi connectivity index (χ0v) is 17.4. The molecule has 0 N–H and O–H groups in total. The number of aldehydes is 1. The first-order valence-corrected chi connectivity index (χ1v) is 13.1. The van der Waals surface area contributed by atoms with Crippen LogP contribution >= 0.6 is 7.26 Å². The Morgan fingerprint density at radius 1 is 0.667 bits per heavy atom. The van der Waals surface area contributed by atoms with Gasteiger partial charge >= 0.3 is 165 Å². The minimum absolute atomic E-state index is 0.776. The maximum atomic E-state index is 12.1. The van der Waals surface area contributed by atoms with Crippen LogP contribution in [0.3, 0.4) is 0 Å². The van der Waals surface area contributed by atoms with Crippen molar-refractivity contribution in [2.75, 3.05) is 0 Å². The van der Waals surface area contributed by atoms with Crippen LogP contribution < -0.4 is 10.6 Å². The zero-order chi connectivity index (χ0) is 18.5. The van der Waals surface area contributed by atoms with Crippen molar-refractivity contribution in [3.63, 3.8) is 0 Å². The molecule has 0 amide bonds. The van der Waals surface area contributed by atoms with Crippen LogP contribution in [0.2, 0.25) is 0 Å². The Labute approximate surface area is 164 Å². The van der Waals surface area contributed by atoms with Gasteiger partial charge in [-0.25, -0.2) is 0 Å². The molecule has 2 aliphatic rings. The SMILES string of the molecule is O=Cc1ccccc1[PH](c1ccccc1)(C1CCCCC1)C1CCCCC1. The van der Waals surface area contributed by atoms with E-state index < -0.39 is 7.26 Å². The van der Waals surface area contributed by atoms with Crippen LogP contribution in [0.1, 0.15) is 74.6 Å². The molecule has 0 radical (unpaired) electrons. The zero-order valence-electron chi connectivity index (χ0n) is 16.4. The molecule has 2 aliphatic carbocycles. The van der Waals surface area contributed by atoms with Gasteiger partial charge in [0, 0.05) is 0 Å². The van der Waals surface area contributed by atoms with Gasteiger partial charge in [0.05, 0.1) is 0 Å². The predicted octanol–water partition coefficient (Wildman–Crippen LogP) is 5.87. The van der Waals surface area contributed by atoms with Gasteiger partial charge < -0.3 is 0 Å². The van der Waals surface area contributed by atoms with Gasteiger partial charge in [-0.2, -0.15) is 0 Å². The van der Waals surface area contributed by atoms with E-state index in [1.165, 1.54) is 69.5 Å². The van der Waals surface area contributed by atoms with Crippen molar-refractivity contribution < 1.29 is 4.79 Å². The van der Waals surface area contributed by atoms with Gasteiger partial charge in [0.2, 0.25) is 0 Å². The predicted molar refractivity (Wildman–Crippen MR) is 120 cm³/mol. The molecule has 2 heteroatoms. The first kappa shape index (κ1) is 18.9. The summed E-state index contributed by atoms with van der Waals surface area (Å²) in [7, 11) is -2.04. The van der Waals surface area contributed by atoms with Gasteiger partial charge in [0.15, 0.2) is 0 Å². The van der Waals surface area contributed by atoms with Crippen molar-refractivity contribution in [3.05, 3.63) is 60.2 Å². The summed E-state index contributed by atoms with van der Waals surface area (Å²) < 4.78 is 0. The number of benzene rings is 2. The van der Waals surface area contributed by atoms with Crippen LogP contribution in [-0.4, -0.2) is 17.6 Å². The summed E-state index contributed by atoms with van der Waals surface area (Å²) in [5, 5.41) is 3.02. The first-order valence-electron chi connectivity index (χ1n) is 11.0. The van der Waals surface area contributed by atoms with E-state index >= 15 is 0 Å². The van der Waals surface area contributed by atoms with Crippen LogP contribution in [0.5, 0.6) is 0 Å². The first-order chi connectivity index (χ1) is 13.4. The standard InChI is InChI=1S/C25H33OP/c26-20-21-12-10-11-19-25(21)27(22-13-4-1-5-14-22,23-15-6-2-7-16-23)24-17-8-3-9-18-24/h1,4-5,10-14,19-20,23-24,27H,2-3,6-9,15-18H2. The van der Waals surface area contributed by atoms with Gasteiger partial charge in [-0.05, 0) is 0 Å². The Bertz CT molecular complexity index is 724. The Morgan fingerprint density at radius 2 is 1.19 bits per heavy atom. The normalized spacial score (nSPS) is 20.3. The molecule has 144 valence electrons. The van der Waals surface area contributed by atoms with E-state index in [2.05, 4.69) is 48.5 Å². The molecule has 1 nitrogen and oxygen atoms in total. The Kier molecular flexibility index (Phi) is 6.08. The third kappa shape index (κ3) is 3.52. The molecular weight excluding hydrogens is 347 g/mol. The summed E-state index contributed by atoms with van der Waals surface area (Å²) in [5.41, 5.74) is 2.51. The average molecular weight is 381 g/mol. The second kappa shape index (κ2) is 8.70. The summed E-state index contributed by atoms with van der Waals surface area (Å²) in [5.74, 6) is 0. The Balaban J connectivity index is 1.97. The number of rotatable bonds is 5. The van der Waals surface area contributed by atoms with E-state index in [4.69, 9.17) is 0 Å². The fourth-order valence-corrected chi connectivity index (χ4v) is 13.4. The molecule has 27 heavy (non-hydrogen) atoms. The molecule has 2 fully saturated rings. The molecule has 0 spiro atoms. The van der Waals surface area contributed by atoms with Gasteiger partial charge in [0.25, 0.3) is 0 Å². The van der Waals surface area contributed by atoms with E-state index in [0.717, 1.165) is 23.2 Å². The molecule has 0 aliphatic heterocycles. The summed E-state index contributed by atoms with van der Waals surface area (Å²) >= 11 is 0. The second-order valence-corrected chi connectivity index (χ2v) is 13.1. The monoisotopic (exact) mass is 380 g/mol. The molecule has 2 aromatic rings. The third-order valence-electron chi connectivity index (χ3n) is 7.28.